The molecule has 3 aromatic carbocycles. The van der Waals surface area contributed by atoms with E-state index in [-0.39, 0.29) is 5.91 Å². The van der Waals surface area contributed by atoms with Crippen LogP contribution in [0.5, 0.6) is 0 Å². The highest BCUT2D eigenvalue weighted by atomic mass is 35.5. The van der Waals surface area contributed by atoms with Crippen molar-refractivity contribution in [3.63, 3.8) is 0 Å². The Morgan fingerprint density at radius 2 is 1.64 bits per heavy atom. The van der Waals surface area contributed by atoms with Crippen molar-refractivity contribution in [1.29, 1.82) is 0 Å². The van der Waals surface area contributed by atoms with Crippen LogP contribution in [0.15, 0.2) is 88.7 Å². The smallest absolute Gasteiger partial charge is 0.269 e. The van der Waals surface area contributed by atoms with Crippen molar-refractivity contribution in [3.05, 3.63) is 88.8 Å². The lowest BCUT2D eigenvalue weighted by Gasteiger charge is -2.10. The molecule has 0 fully saturated rings. The first-order valence-corrected chi connectivity index (χ1v) is 10.4. The Balaban J connectivity index is 1.59. The maximum atomic E-state index is 12.9. The van der Waals surface area contributed by atoms with E-state index in [1.807, 2.05) is 66.7 Å². The van der Waals surface area contributed by atoms with Gasteiger partial charge in [0, 0.05) is 20.4 Å². The van der Waals surface area contributed by atoms with Crippen LogP contribution >= 0.6 is 34.9 Å². The Morgan fingerprint density at radius 3 is 2.43 bits per heavy atom. The zero-order valence-corrected chi connectivity index (χ0v) is 16.9. The quantitative estimate of drug-likeness (QED) is 0.411. The summed E-state index contributed by atoms with van der Waals surface area (Å²) in [5, 5.41) is 7.76. The molecule has 0 aliphatic carbocycles. The number of carbonyl (C=O) groups excluding carboxylic acids is 1. The lowest BCUT2D eigenvalue weighted by molar-refractivity contribution is 0.103. The number of nitrogens with one attached hydrogen (secondary N) is 1. The molecule has 1 N–H and O–H groups in total. The summed E-state index contributed by atoms with van der Waals surface area (Å²) in [7, 11) is 0. The second-order valence-corrected chi connectivity index (χ2v) is 8.13. The van der Waals surface area contributed by atoms with Gasteiger partial charge in [0.1, 0.15) is 10.6 Å². The van der Waals surface area contributed by atoms with E-state index in [4.69, 9.17) is 11.6 Å². The predicted octanol–water partition coefficient (Wildman–Crippen LogP) is 6.26. The zero-order valence-electron chi connectivity index (χ0n) is 14.5. The Kier molecular flexibility index (Phi) is 5.71. The highest BCUT2D eigenvalue weighted by Gasteiger charge is 2.19. The van der Waals surface area contributed by atoms with Gasteiger partial charge in [-0.3, -0.25) is 4.79 Å². The van der Waals surface area contributed by atoms with Gasteiger partial charge in [-0.25, -0.2) is 0 Å². The third kappa shape index (κ3) is 4.25. The Morgan fingerprint density at radius 1 is 0.929 bits per heavy atom. The normalized spacial score (nSPS) is 10.6. The van der Waals surface area contributed by atoms with Crippen molar-refractivity contribution in [3.8, 4) is 11.3 Å². The molecule has 7 heteroatoms. The number of hydrogen-bond acceptors (Lipinski definition) is 5. The molecule has 0 radical (unpaired) electrons. The molecule has 1 aromatic heterocycles. The van der Waals surface area contributed by atoms with Gasteiger partial charge in [-0.1, -0.05) is 70.3 Å². The molecular formula is C21H14ClN3OS2. The van der Waals surface area contributed by atoms with Gasteiger partial charge in [0.25, 0.3) is 5.91 Å². The minimum Gasteiger partial charge on any atom is -0.320 e. The minimum absolute atomic E-state index is 0.235. The zero-order chi connectivity index (χ0) is 19.3. The lowest BCUT2D eigenvalue weighted by Crippen LogP contribution is -2.12. The Hall–Kier alpha value is -2.67. The number of aromatic nitrogens is 2. The number of nitrogens with zero attached hydrogens (tertiary/aromatic N) is 2. The van der Waals surface area contributed by atoms with Crippen LogP contribution in [0.25, 0.3) is 11.3 Å². The second kappa shape index (κ2) is 8.56. The molecule has 1 amide bonds. The van der Waals surface area contributed by atoms with Crippen molar-refractivity contribution >= 4 is 46.5 Å². The van der Waals surface area contributed by atoms with Crippen LogP contribution < -0.4 is 5.32 Å². The van der Waals surface area contributed by atoms with Gasteiger partial charge in [-0.15, -0.1) is 5.10 Å². The molecule has 0 unspecified atom stereocenters. The van der Waals surface area contributed by atoms with E-state index < -0.39 is 0 Å². The number of hydrogen-bond donors (Lipinski definition) is 1. The van der Waals surface area contributed by atoms with Crippen LogP contribution in [-0.4, -0.2) is 15.5 Å². The molecule has 28 heavy (non-hydrogen) atoms. The first-order chi connectivity index (χ1) is 13.7. The van der Waals surface area contributed by atoms with E-state index >= 15 is 0 Å². The van der Waals surface area contributed by atoms with Crippen LogP contribution in [0, 0.1) is 0 Å². The monoisotopic (exact) mass is 423 g/mol. The fraction of sp³-hybridized carbons (Fsp3) is 0. The van der Waals surface area contributed by atoms with Crippen LogP contribution in [0.2, 0.25) is 5.02 Å². The molecule has 4 rings (SSSR count). The van der Waals surface area contributed by atoms with Crippen molar-refractivity contribution in [2.75, 3.05) is 5.32 Å². The molecule has 4 aromatic rings. The number of rotatable bonds is 5. The number of anilines is 1. The summed E-state index contributed by atoms with van der Waals surface area (Å²) in [6.45, 7) is 0. The number of halogens is 1. The van der Waals surface area contributed by atoms with Gasteiger partial charge < -0.3 is 5.32 Å². The van der Waals surface area contributed by atoms with E-state index in [9.17, 15) is 4.79 Å². The first kappa shape index (κ1) is 18.7. The summed E-state index contributed by atoms with van der Waals surface area (Å²) in [6, 6.07) is 25.0. The van der Waals surface area contributed by atoms with E-state index in [0.717, 1.165) is 32.6 Å². The first-order valence-electron chi connectivity index (χ1n) is 8.42. The van der Waals surface area contributed by atoms with E-state index in [1.165, 1.54) is 0 Å². The number of para-hydroxylation sites is 1. The van der Waals surface area contributed by atoms with Gasteiger partial charge in [0.2, 0.25) is 0 Å². The SMILES string of the molecule is O=C(Nc1ccccc1Sc1ccccc1)c1snnc1-c1ccc(Cl)cc1. The summed E-state index contributed by atoms with van der Waals surface area (Å²) < 4.78 is 3.97. The Labute approximate surface area is 175 Å². The second-order valence-electron chi connectivity index (χ2n) is 5.82. The minimum atomic E-state index is -0.235. The summed E-state index contributed by atoms with van der Waals surface area (Å²) in [6.07, 6.45) is 0. The summed E-state index contributed by atoms with van der Waals surface area (Å²) in [5.74, 6) is -0.235. The largest absolute Gasteiger partial charge is 0.320 e. The van der Waals surface area contributed by atoms with Crippen molar-refractivity contribution in [2.24, 2.45) is 0 Å². The van der Waals surface area contributed by atoms with Gasteiger partial charge in [-0.05, 0) is 47.9 Å². The molecule has 0 spiro atoms. The number of carbonyl (C=O) groups is 1. The predicted molar refractivity (Wildman–Crippen MR) is 115 cm³/mol. The van der Waals surface area contributed by atoms with Gasteiger partial charge >= 0.3 is 0 Å². The van der Waals surface area contributed by atoms with Gasteiger partial charge in [0.05, 0.1) is 5.69 Å². The molecule has 0 saturated heterocycles. The van der Waals surface area contributed by atoms with Crippen molar-refractivity contribution in [2.45, 2.75) is 9.79 Å². The Bertz CT molecular complexity index is 1100. The standard InChI is InChI=1S/C21H14ClN3OS2/c22-15-12-10-14(11-13-15)19-20(28-25-24-19)21(26)23-17-8-4-5-9-18(17)27-16-6-2-1-3-7-16/h1-13H,(H,23,26). The van der Waals surface area contributed by atoms with E-state index in [2.05, 4.69) is 14.9 Å². The molecule has 0 saturated carbocycles. The number of benzene rings is 3. The average Bonchev–Trinajstić information content (AvgIpc) is 3.21. The van der Waals surface area contributed by atoms with Crippen LogP contribution in [0.4, 0.5) is 5.69 Å². The maximum absolute atomic E-state index is 12.9. The fourth-order valence-corrected chi connectivity index (χ4v) is 4.22. The van der Waals surface area contributed by atoms with Crippen molar-refractivity contribution in [1.82, 2.24) is 9.59 Å². The molecule has 0 atom stereocenters. The average molecular weight is 424 g/mol. The van der Waals surface area contributed by atoms with Gasteiger partial charge in [-0.2, -0.15) is 0 Å². The third-order valence-electron chi connectivity index (χ3n) is 3.92. The maximum Gasteiger partial charge on any atom is 0.269 e. The van der Waals surface area contributed by atoms with E-state index in [1.54, 1.807) is 23.9 Å². The molecule has 1 heterocycles. The molecule has 0 aliphatic heterocycles. The number of amides is 1. The van der Waals surface area contributed by atoms with Crippen LogP contribution in [0.1, 0.15) is 9.67 Å². The fourth-order valence-electron chi connectivity index (χ4n) is 2.59. The van der Waals surface area contributed by atoms with Crippen LogP contribution in [0.3, 0.4) is 0 Å². The lowest BCUT2D eigenvalue weighted by atomic mass is 10.1. The van der Waals surface area contributed by atoms with E-state index in [0.29, 0.717) is 15.6 Å². The highest BCUT2D eigenvalue weighted by Crippen LogP contribution is 2.34. The summed E-state index contributed by atoms with van der Waals surface area (Å²) >= 11 is 8.62. The molecule has 4 nitrogen and oxygen atoms in total. The third-order valence-corrected chi connectivity index (χ3v) is 5.98. The molecule has 0 aliphatic rings. The van der Waals surface area contributed by atoms with Crippen LogP contribution in [-0.2, 0) is 0 Å². The topological polar surface area (TPSA) is 54.9 Å². The molecule has 0 bridgehead atoms. The summed E-state index contributed by atoms with van der Waals surface area (Å²) in [5.41, 5.74) is 2.10. The summed E-state index contributed by atoms with van der Waals surface area (Å²) in [4.78, 5) is 15.5. The highest BCUT2D eigenvalue weighted by molar-refractivity contribution is 7.99. The molecular weight excluding hydrogens is 410 g/mol. The molecule has 138 valence electrons. The van der Waals surface area contributed by atoms with Crippen molar-refractivity contribution < 1.29 is 4.79 Å². The van der Waals surface area contributed by atoms with Gasteiger partial charge in [0.15, 0.2) is 0 Å².